The van der Waals surface area contributed by atoms with Gasteiger partial charge in [-0.2, -0.15) is 0 Å². The first-order chi connectivity index (χ1) is 11.2. The molecule has 0 bridgehead atoms. The van der Waals surface area contributed by atoms with Crippen LogP contribution in [0.3, 0.4) is 0 Å². The van der Waals surface area contributed by atoms with Crippen molar-refractivity contribution in [1.29, 1.82) is 0 Å². The van der Waals surface area contributed by atoms with Gasteiger partial charge in [0.2, 0.25) is 0 Å². The van der Waals surface area contributed by atoms with Gasteiger partial charge in [-0.3, -0.25) is 14.3 Å². The summed E-state index contributed by atoms with van der Waals surface area (Å²) in [5, 5.41) is 13.2. The summed E-state index contributed by atoms with van der Waals surface area (Å²) < 4.78 is 14.3. The van der Waals surface area contributed by atoms with Gasteiger partial charge in [0.05, 0.1) is 16.9 Å². The number of aliphatic hydroxyl groups is 1. The van der Waals surface area contributed by atoms with Gasteiger partial charge in [0.1, 0.15) is 22.4 Å². The van der Waals surface area contributed by atoms with Gasteiger partial charge in [-0.05, 0) is 31.9 Å². The van der Waals surface area contributed by atoms with E-state index < -0.39 is 38.7 Å². The Balaban J connectivity index is 1.87. The van der Waals surface area contributed by atoms with Gasteiger partial charge < -0.3 is 10.4 Å². The molecular formula is C17H20N2O4S. The van der Waals surface area contributed by atoms with E-state index >= 15 is 0 Å². The molecule has 24 heavy (non-hydrogen) atoms. The fourth-order valence-electron chi connectivity index (χ4n) is 2.78. The molecule has 0 unspecified atom stereocenters. The molecule has 0 radical (unpaired) electrons. The third-order valence-electron chi connectivity index (χ3n) is 4.17. The molecule has 0 saturated heterocycles. The quantitative estimate of drug-likeness (QED) is 0.722. The smallest absolute Gasteiger partial charge is 0.254 e. The number of hydrogen-bond acceptors (Lipinski definition) is 5. The van der Waals surface area contributed by atoms with E-state index in [1.54, 1.807) is 20.8 Å². The summed E-state index contributed by atoms with van der Waals surface area (Å²) in [6, 6.07) is 7.10. The molecule has 0 amide bonds. The number of anilines is 2. The fourth-order valence-corrected chi connectivity index (χ4v) is 3.46. The first kappa shape index (κ1) is 16.9. The molecule has 2 aromatic carbocycles. The molecule has 1 aliphatic rings. The van der Waals surface area contributed by atoms with Crippen LogP contribution in [0.15, 0.2) is 33.9 Å². The van der Waals surface area contributed by atoms with Gasteiger partial charge in [0.25, 0.3) is 10.9 Å². The maximum absolute atomic E-state index is 12.2. The minimum atomic E-state index is -1.51. The van der Waals surface area contributed by atoms with Gasteiger partial charge in [-0.25, -0.2) is 4.21 Å². The number of nitrogens with one attached hydrogen (secondary N) is 2. The lowest BCUT2D eigenvalue weighted by Gasteiger charge is -2.24. The molecule has 0 spiro atoms. The van der Waals surface area contributed by atoms with Gasteiger partial charge in [0, 0.05) is 6.42 Å². The van der Waals surface area contributed by atoms with Crippen LogP contribution in [0, 0.1) is 0 Å². The van der Waals surface area contributed by atoms with Crippen LogP contribution in [0.4, 0.5) is 11.4 Å². The minimum absolute atomic E-state index is 0.0323. The average Bonchev–Trinajstić information content (AvgIpc) is 2.84. The van der Waals surface area contributed by atoms with Crippen molar-refractivity contribution in [1.82, 2.24) is 0 Å². The summed E-state index contributed by atoms with van der Waals surface area (Å²) in [5.41, 5.74) is 0.703. The molecule has 0 fully saturated rings. The predicted molar refractivity (Wildman–Crippen MR) is 95.4 cm³/mol. The topological polar surface area (TPSA) is 95.5 Å². The van der Waals surface area contributed by atoms with Gasteiger partial charge >= 0.3 is 0 Å². The largest absolute Gasteiger partial charge is 0.390 e. The van der Waals surface area contributed by atoms with E-state index in [4.69, 9.17) is 0 Å². The van der Waals surface area contributed by atoms with Gasteiger partial charge in [-0.15, -0.1) is 0 Å². The van der Waals surface area contributed by atoms with Crippen molar-refractivity contribution in [2.45, 2.75) is 44.1 Å². The zero-order valence-corrected chi connectivity index (χ0v) is 14.6. The lowest BCUT2D eigenvalue weighted by atomic mass is 10.1. The highest BCUT2D eigenvalue weighted by Crippen LogP contribution is 2.35. The van der Waals surface area contributed by atoms with Crippen molar-refractivity contribution in [2.75, 3.05) is 10.0 Å². The van der Waals surface area contributed by atoms with Crippen LogP contribution in [0.1, 0.15) is 37.9 Å². The van der Waals surface area contributed by atoms with Crippen LogP contribution in [0.5, 0.6) is 0 Å². The Morgan fingerprint density at radius 3 is 2.42 bits per heavy atom. The number of fused-ring (bicyclic) bond motifs is 1. The SMILES string of the molecule is CC(C)(C)[S@@](=O)Nc1c(N[C@@H]2c3ccccc3C[C@@H]2O)c(=O)c1=O. The average molecular weight is 348 g/mol. The van der Waals surface area contributed by atoms with Gasteiger partial charge in [0.15, 0.2) is 0 Å². The molecule has 0 aliphatic heterocycles. The van der Waals surface area contributed by atoms with Crippen molar-refractivity contribution in [3.63, 3.8) is 0 Å². The Bertz CT molecular complexity index is 878. The van der Waals surface area contributed by atoms with Crippen LogP contribution < -0.4 is 20.9 Å². The molecule has 2 aromatic rings. The normalized spacial score (nSPS) is 21.5. The molecule has 3 rings (SSSR count). The molecule has 0 saturated carbocycles. The maximum atomic E-state index is 12.2. The third kappa shape index (κ3) is 2.78. The highest BCUT2D eigenvalue weighted by atomic mass is 32.2. The highest BCUT2D eigenvalue weighted by Gasteiger charge is 2.34. The second-order valence-corrected chi connectivity index (χ2v) is 8.95. The Kier molecular flexibility index (Phi) is 4.09. The second-order valence-electron chi connectivity index (χ2n) is 6.98. The van der Waals surface area contributed by atoms with E-state index in [0.717, 1.165) is 11.1 Å². The first-order valence-corrected chi connectivity index (χ1v) is 8.89. The van der Waals surface area contributed by atoms with Crippen LogP contribution >= 0.6 is 0 Å². The number of benzene rings is 1. The minimum Gasteiger partial charge on any atom is -0.390 e. The zero-order chi connectivity index (χ0) is 17.6. The Hall–Kier alpha value is -1.99. The van der Waals surface area contributed by atoms with E-state index in [-0.39, 0.29) is 11.4 Å². The standard InChI is InChI=1S/C17H20N2O4S/c1-17(2,3)24(23)19-14-13(15(21)16(14)22)18-12-10-7-5-4-6-9(10)8-11(12)20/h4-7,11-12,18-20H,8H2,1-3H3/t11-,12+,24+/m0/s1. The summed E-state index contributed by atoms with van der Waals surface area (Å²) in [6.45, 7) is 5.31. The molecule has 0 aromatic heterocycles. The maximum Gasteiger partial charge on any atom is 0.254 e. The summed E-state index contributed by atoms with van der Waals surface area (Å²) in [6.07, 6.45) is -0.201. The molecule has 1 aliphatic carbocycles. The molecule has 128 valence electrons. The van der Waals surface area contributed by atoms with Crippen molar-refractivity contribution >= 4 is 22.4 Å². The molecular weight excluding hydrogens is 328 g/mol. The molecule has 3 atom stereocenters. The second kappa shape index (κ2) is 5.82. The summed E-state index contributed by atoms with van der Waals surface area (Å²) >= 11 is 0. The van der Waals surface area contributed by atoms with Crippen molar-refractivity contribution in [2.24, 2.45) is 0 Å². The summed E-state index contributed by atoms with van der Waals surface area (Å²) in [5.74, 6) is 0. The summed E-state index contributed by atoms with van der Waals surface area (Å²) in [7, 11) is -1.51. The molecule has 0 heterocycles. The predicted octanol–water partition coefficient (Wildman–Crippen LogP) is 1.23. The number of aliphatic hydroxyl groups excluding tert-OH is 1. The van der Waals surface area contributed by atoms with Crippen molar-refractivity contribution < 1.29 is 9.32 Å². The van der Waals surface area contributed by atoms with E-state index in [1.165, 1.54) is 0 Å². The van der Waals surface area contributed by atoms with E-state index in [9.17, 15) is 18.9 Å². The van der Waals surface area contributed by atoms with Crippen LogP contribution in [-0.4, -0.2) is 20.2 Å². The van der Waals surface area contributed by atoms with E-state index in [1.807, 2.05) is 24.3 Å². The van der Waals surface area contributed by atoms with E-state index in [2.05, 4.69) is 10.0 Å². The van der Waals surface area contributed by atoms with Crippen LogP contribution in [0.25, 0.3) is 0 Å². The Morgan fingerprint density at radius 1 is 1.12 bits per heavy atom. The van der Waals surface area contributed by atoms with E-state index in [0.29, 0.717) is 6.42 Å². The van der Waals surface area contributed by atoms with Crippen LogP contribution in [0.2, 0.25) is 0 Å². The monoisotopic (exact) mass is 348 g/mol. The summed E-state index contributed by atoms with van der Waals surface area (Å²) in [4.78, 5) is 23.7. The fraction of sp³-hybridized carbons (Fsp3) is 0.412. The third-order valence-corrected chi connectivity index (χ3v) is 5.67. The number of rotatable bonds is 4. The Labute approximate surface area is 142 Å². The molecule has 3 N–H and O–H groups in total. The number of hydrogen-bond donors (Lipinski definition) is 3. The van der Waals surface area contributed by atoms with Gasteiger partial charge in [-0.1, -0.05) is 24.3 Å². The zero-order valence-electron chi connectivity index (χ0n) is 13.8. The van der Waals surface area contributed by atoms with Crippen molar-refractivity contribution in [3.8, 4) is 0 Å². The van der Waals surface area contributed by atoms with Crippen molar-refractivity contribution in [3.05, 3.63) is 55.8 Å². The lowest BCUT2D eigenvalue weighted by Crippen LogP contribution is -2.41. The lowest BCUT2D eigenvalue weighted by molar-refractivity contribution is 0.166. The molecule has 7 heteroatoms. The first-order valence-electron chi connectivity index (χ1n) is 7.74. The van der Waals surface area contributed by atoms with Crippen LogP contribution in [-0.2, 0) is 17.4 Å². The molecule has 6 nitrogen and oxygen atoms in total. The highest BCUT2D eigenvalue weighted by molar-refractivity contribution is 7.87. The Morgan fingerprint density at radius 2 is 1.75 bits per heavy atom.